The Morgan fingerprint density at radius 3 is 2.40 bits per heavy atom. The fourth-order valence-corrected chi connectivity index (χ4v) is 3.12. The standard InChI is InChI=1S/C20H23ClN2O2/c1-16-6-8-17(9-7-16)25-15-14-22-10-12-23(13-11-22)20(24)18-4-2-3-5-19(18)21/h2-9H,10-15H2,1H3. The summed E-state index contributed by atoms with van der Waals surface area (Å²) in [6.07, 6.45) is 0. The largest absolute Gasteiger partial charge is 0.492 e. The molecule has 25 heavy (non-hydrogen) atoms. The minimum Gasteiger partial charge on any atom is -0.492 e. The number of halogens is 1. The van der Waals surface area contributed by atoms with Crippen LogP contribution < -0.4 is 4.74 Å². The lowest BCUT2D eigenvalue weighted by Crippen LogP contribution is -2.49. The van der Waals surface area contributed by atoms with Crippen molar-refractivity contribution in [1.29, 1.82) is 0 Å². The minimum atomic E-state index is 0.0150. The number of carbonyl (C=O) groups is 1. The maximum atomic E-state index is 12.6. The highest BCUT2D eigenvalue weighted by Crippen LogP contribution is 2.18. The van der Waals surface area contributed by atoms with Crippen LogP contribution in [0.4, 0.5) is 0 Å². The molecular formula is C20H23ClN2O2. The summed E-state index contributed by atoms with van der Waals surface area (Å²) in [7, 11) is 0. The van der Waals surface area contributed by atoms with Gasteiger partial charge in [-0.3, -0.25) is 9.69 Å². The normalized spacial score (nSPS) is 15.2. The van der Waals surface area contributed by atoms with Gasteiger partial charge in [-0.15, -0.1) is 0 Å². The summed E-state index contributed by atoms with van der Waals surface area (Å²) in [6, 6.07) is 15.3. The summed E-state index contributed by atoms with van der Waals surface area (Å²) in [5, 5.41) is 0.515. The molecule has 0 N–H and O–H groups in total. The molecule has 1 fully saturated rings. The van der Waals surface area contributed by atoms with Crippen LogP contribution in [-0.2, 0) is 0 Å². The van der Waals surface area contributed by atoms with Gasteiger partial charge in [-0.05, 0) is 31.2 Å². The summed E-state index contributed by atoms with van der Waals surface area (Å²) >= 11 is 6.13. The third-order valence-corrected chi connectivity index (χ3v) is 4.79. The first-order chi connectivity index (χ1) is 12.1. The number of amides is 1. The van der Waals surface area contributed by atoms with Crippen LogP contribution in [0.15, 0.2) is 48.5 Å². The van der Waals surface area contributed by atoms with Gasteiger partial charge in [0.15, 0.2) is 0 Å². The van der Waals surface area contributed by atoms with Crippen molar-refractivity contribution in [3.63, 3.8) is 0 Å². The highest BCUT2D eigenvalue weighted by atomic mass is 35.5. The molecule has 1 aliphatic heterocycles. The van der Waals surface area contributed by atoms with Gasteiger partial charge >= 0.3 is 0 Å². The maximum Gasteiger partial charge on any atom is 0.255 e. The average Bonchev–Trinajstić information content (AvgIpc) is 2.64. The van der Waals surface area contributed by atoms with Crippen LogP contribution in [0.2, 0.25) is 5.02 Å². The number of nitrogens with zero attached hydrogens (tertiary/aromatic N) is 2. The number of ether oxygens (including phenoxy) is 1. The third-order valence-electron chi connectivity index (χ3n) is 4.46. The second kappa shape index (κ2) is 8.37. The second-order valence-corrected chi connectivity index (χ2v) is 6.68. The molecule has 0 aliphatic carbocycles. The number of carbonyl (C=O) groups excluding carboxylic acids is 1. The highest BCUT2D eigenvalue weighted by molar-refractivity contribution is 6.33. The monoisotopic (exact) mass is 358 g/mol. The zero-order valence-electron chi connectivity index (χ0n) is 14.5. The van der Waals surface area contributed by atoms with Gasteiger partial charge in [0.2, 0.25) is 0 Å². The first-order valence-electron chi connectivity index (χ1n) is 8.59. The molecule has 132 valence electrons. The maximum absolute atomic E-state index is 12.6. The van der Waals surface area contributed by atoms with Crippen LogP contribution in [0.3, 0.4) is 0 Å². The number of benzene rings is 2. The van der Waals surface area contributed by atoms with E-state index in [4.69, 9.17) is 16.3 Å². The SMILES string of the molecule is Cc1ccc(OCCN2CCN(C(=O)c3ccccc3Cl)CC2)cc1. The Kier molecular flexibility index (Phi) is 5.95. The van der Waals surface area contributed by atoms with Crippen molar-refractivity contribution in [3.8, 4) is 5.75 Å². The first kappa shape index (κ1) is 17.8. The minimum absolute atomic E-state index is 0.0150. The summed E-state index contributed by atoms with van der Waals surface area (Å²) in [4.78, 5) is 16.7. The number of aryl methyl sites for hydroxylation is 1. The van der Waals surface area contributed by atoms with E-state index in [1.807, 2.05) is 29.2 Å². The molecule has 1 heterocycles. The molecule has 1 saturated heterocycles. The highest BCUT2D eigenvalue weighted by Gasteiger charge is 2.23. The van der Waals surface area contributed by atoms with Crippen molar-refractivity contribution in [2.45, 2.75) is 6.92 Å². The van der Waals surface area contributed by atoms with Gasteiger partial charge in [0.05, 0.1) is 10.6 Å². The molecule has 3 rings (SSSR count). The van der Waals surface area contributed by atoms with E-state index in [-0.39, 0.29) is 5.91 Å². The molecule has 5 heteroatoms. The molecule has 0 unspecified atom stereocenters. The number of piperazine rings is 1. The Balaban J connectivity index is 1.43. The lowest BCUT2D eigenvalue weighted by Gasteiger charge is -2.34. The fraction of sp³-hybridized carbons (Fsp3) is 0.350. The predicted octanol–water partition coefficient (Wildman–Crippen LogP) is 3.49. The summed E-state index contributed by atoms with van der Waals surface area (Å²) in [5.41, 5.74) is 1.81. The van der Waals surface area contributed by atoms with E-state index in [9.17, 15) is 4.79 Å². The zero-order chi connectivity index (χ0) is 17.6. The quantitative estimate of drug-likeness (QED) is 0.820. The van der Waals surface area contributed by atoms with Gasteiger partial charge in [-0.1, -0.05) is 41.4 Å². The molecular weight excluding hydrogens is 336 g/mol. The van der Waals surface area contributed by atoms with E-state index in [0.717, 1.165) is 25.4 Å². The molecule has 0 aromatic heterocycles. The van der Waals surface area contributed by atoms with Gasteiger partial charge in [-0.25, -0.2) is 0 Å². The van der Waals surface area contributed by atoms with Crippen LogP contribution >= 0.6 is 11.6 Å². The van der Waals surface area contributed by atoms with Crippen LogP contribution in [0.5, 0.6) is 5.75 Å². The van der Waals surface area contributed by atoms with E-state index in [2.05, 4.69) is 24.0 Å². The summed E-state index contributed by atoms with van der Waals surface area (Å²) < 4.78 is 5.78. The van der Waals surface area contributed by atoms with Crippen molar-refractivity contribution in [2.24, 2.45) is 0 Å². The number of hydrogen-bond acceptors (Lipinski definition) is 3. The molecule has 4 nitrogen and oxygen atoms in total. The Morgan fingerprint density at radius 2 is 1.72 bits per heavy atom. The van der Waals surface area contributed by atoms with Gasteiger partial charge in [0.1, 0.15) is 12.4 Å². The molecule has 0 radical (unpaired) electrons. The molecule has 2 aromatic carbocycles. The third kappa shape index (κ3) is 4.74. The Labute approximate surface area is 154 Å². The van der Waals surface area contributed by atoms with E-state index in [1.165, 1.54) is 5.56 Å². The molecule has 0 bridgehead atoms. The number of rotatable bonds is 5. The first-order valence-corrected chi connectivity index (χ1v) is 8.97. The Bertz CT molecular complexity index is 710. The predicted molar refractivity (Wildman–Crippen MR) is 100 cm³/mol. The molecule has 0 atom stereocenters. The molecule has 1 amide bonds. The topological polar surface area (TPSA) is 32.8 Å². The van der Waals surface area contributed by atoms with Crippen LogP contribution in [-0.4, -0.2) is 55.0 Å². The smallest absolute Gasteiger partial charge is 0.255 e. The van der Waals surface area contributed by atoms with Crippen molar-refractivity contribution in [1.82, 2.24) is 9.80 Å². The molecule has 1 aliphatic rings. The number of hydrogen-bond donors (Lipinski definition) is 0. The van der Waals surface area contributed by atoms with Crippen molar-refractivity contribution >= 4 is 17.5 Å². The van der Waals surface area contributed by atoms with Gasteiger partial charge < -0.3 is 9.64 Å². The van der Waals surface area contributed by atoms with Gasteiger partial charge in [-0.2, -0.15) is 0 Å². The lowest BCUT2D eigenvalue weighted by atomic mass is 10.2. The van der Waals surface area contributed by atoms with Crippen LogP contribution in [0, 0.1) is 6.92 Å². The van der Waals surface area contributed by atoms with Crippen molar-refractivity contribution in [3.05, 3.63) is 64.7 Å². The second-order valence-electron chi connectivity index (χ2n) is 6.28. The van der Waals surface area contributed by atoms with Gasteiger partial charge in [0.25, 0.3) is 5.91 Å². The Morgan fingerprint density at radius 1 is 1.04 bits per heavy atom. The average molecular weight is 359 g/mol. The summed E-state index contributed by atoms with van der Waals surface area (Å²) in [5.74, 6) is 0.916. The van der Waals surface area contributed by atoms with Crippen LogP contribution in [0.1, 0.15) is 15.9 Å². The van der Waals surface area contributed by atoms with Crippen LogP contribution in [0.25, 0.3) is 0 Å². The molecule has 0 saturated carbocycles. The fourth-order valence-electron chi connectivity index (χ4n) is 2.91. The Hall–Kier alpha value is -2.04. The van der Waals surface area contributed by atoms with E-state index < -0.39 is 0 Å². The van der Waals surface area contributed by atoms with E-state index in [1.54, 1.807) is 12.1 Å². The molecule has 2 aromatic rings. The zero-order valence-corrected chi connectivity index (χ0v) is 15.2. The van der Waals surface area contributed by atoms with Crippen molar-refractivity contribution in [2.75, 3.05) is 39.3 Å². The van der Waals surface area contributed by atoms with E-state index in [0.29, 0.717) is 30.3 Å². The van der Waals surface area contributed by atoms with Crippen molar-refractivity contribution < 1.29 is 9.53 Å². The molecule has 0 spiro atoms. The van der Waals surface area contributed by atoms with Gasteiger partial charge in [0, 0.05) is 32.7 Å². The summed E-state index contributed by atoms with van der Waals surface area (Å²) in [6.45, 7) is 6.72. The lowest BCUT2D eigenvalue weighted by molar-refractivity contribution is 0.0620. The van der Waals surface area contributed by atoms with E-state index >= 15 is 0 Å².